The summed E-state index contributed by atoms with van der Waals surface area (Å²) in [5.74, 6) is 0. The Morgan fingerprint density at radius 3 is 1.41 bits per heavy atom. The molecule has 10 nitrogen and oxygen atoms in total. The van der Waals surface area contributed by atoms with Gasteiger partial charge in [-0.25, -0.2) is 19.0 Å². The molecule has 0 unspecified atom stereocenters. The van der Waals surface area contributed by atoms with Crippen molar-refractivity contribution in [2.45, 2.75) is 0 Å². The van der Waals surface area contributed by atoms with Crippen LogP contribution in [0.2, 0.25) is 0 Å². The average Bonchev–Trinajstić information content (AvgIpc) is 3.19. The largest absolute Gasteiger partial charge is 0.213 e. The van der Waals surface area contributed by atoms with E-state index in [-0.39, 0.29) is 33.1 Å². The van der Waals surface area contributed by atoms with Crippen LogP contribution in [0.5, 0.6) is 0 Å². The molecule has 0 saturated heterocycles. The molecule has 3 rings (SSSR count). The summed E-state index contributed by atoms with van der Waals surface area (Å²) in [5, 5.41) is 44.5. The van der Waals surface area contributed by atoms with Crippen LogP contribution in [0.25, 0.3) is 22.4 Å². The summed E-state index contributed by atoms with van der Waals surface area (Å²) in [6.07, 6.45) is 2.36. The first-order valence-electron chi connectivity index (χ1n) is 5.67. The lowest BCUT2D eigenvalue weighted by Gasteiger charge is -2.00. The van der Waals surface area contributed by atoms with E-state index in [1.807, 2.05) is 0 Å². The van der Waals surface area contributed by atoms with E-state index in [1.54, 1.807) is 24.3 Å². The average molecular weight is 286 g/mol. The fraction of sp³-hybridized carbons (Fsp3) is 0. The van der Waals surface area contributed by atoms with E-state index in [4.69, 9.17) is 21.0 Å². The van der Waals surface area contributed by atoms with Crippen molar-refractivity contribution in [2.24, 2.45) is 0 Å². The molecule has 3 aromatic rings. The van der Waals surface area contributed by atoms with Crippen LogP contribution < -0.4 is 10.7 Å². The van der Waals surface area contributed by atoms with Crippen LogP contribution in [0.1, 0.15) is 0 Å². The summed E-state index contributed by atoms with van der Waals surface area (Å²) in [6.45, 7) is 0. The topological polar surface area (TPSA) is 156 Å². The maximum atomic E-state index is 9.11. The van der Waals surface area contributed by atoms with Crippen LogP contribution >= 0.6 is 0 Å². The van der Waals surface area contributed by atoms with Gasteiger partial charge in [0.15, 0.2) is 22.4 Å². The van der Waals surface area contributed by atoms with Gasteiger partial charge in [-0.1, -0.05) is 0 Å². The van der Waals surface area contributed by atoms with E-state index in [1.165, 1.54) is 21.7 Å². The molecule has 0 aliphatic rings. The number of aromatic nitrogens is 6. The van der Waals surface area contributed by atoms with Gasteiger partial charge in [-0.3, -0.25) is 0 Å². The Kier molecular flexibility index (Phi) is 2.71. The Bertz CT molecular complexity index is 1030. The fourth-order valence-electron chi connectivity index (χ4n) is 2.02. The van der Waals surface area contributed by atoms with E-state index in [0.717, 1.165) is 0 Å². The van der Waals surface area contributed by atoms with Crippen molar-refractivity contribution in [3.05, 3.63) is 23.4 Å². The van der Waals surface area contributed by atoms with Crippen LogP contribution in [0.15, 0.2) is 12.7 Å². The third-order valence-electron chi connectivity index (χ3n) is 2.86. The second-order valence-corrected chi connectivity index (χ2v) is 3.89. The van der Waals surface area contributed by atoms with E-state index in [2.05, 4.69) is 20.2 Å². The monoisotopic (exact) mass is 286 g/mol. The Hall–Kier alpha value is -4.28. The van der Waals surface area contributed by atoms with Crippen molar-refractivity contribution in [2.75, 3.05) is 0 Å². The first-order valence-corrected chi connectivity index (χ1v) is 5.67. The molecule has 0 radical (unpaired) electrons. The van der Waals surface area contributed by atoms with Crippen LogP contribution in [0, 0.1) is 45.3 Å². The Labute approximate surface area is 121 Å². The third kappa shape index (κ3) is 1.50. The highest BCUT2D eigenvalue weighted by molar-refractivity contribution is 5.78. The number of hydrogen-bond acceptors (Lipinski definition) is 8. The van der Waals surface area contributed by atoms with Crippen molar-refractivity contribution < 1.29 is 0 Å². The van der Waals surface area contributed by atoms with Gasteiger partial charge in [0.1, 0.15) is 47.6 Å². The molecule has 0 aliphatic heterocycles. The van der Waals surface area contributed by atoms with Crippen LogP contribution in [-0.2, 0) is 0 Å². The minimum absolute atomic E-state index is 0.0916. The highest BCUT2D eigenvalue weighted by Crippen LogP contribution is 1.98. The molecule has 3 heterocycles. The van der Waals surface area contributed by atoms with E-state index < -0.39 is 0 Å². The molecule has 0 spiro atoms. The van der Waals surface area contributed by atoms with Crippen molar-refractivity contribution in [3.63, 3.8) is 0 Å². The van der Waals surface area contributed by atoms with E-state index in [9.17, 15) is 0 Å². The van der Waals surface area contributed by atoms with Crippen molar-refractivity contribution >= 4 is 22.4 Å². The highest BCUT2D eigenvalue weighted by atomic mass is 15.3. The van der Waals surface area contributed by atoms with Crippen LogP contribution in [0.4, 0.5) is 0 Å². The van der Waals surface area contributed by atoms with Gasteiger partial charge < -0.3 is 0 Å². The Morgan fingerprint density at radius 2 is 1.09 bits per heavy atom. The summed E-state index contributed by atoms with van der Waals surface area (Å²) < 4.78 is 2.38. The van der Waals surface area contributed by atoms with Gasteiger partial charge in [0, 0.05) is 0 Å². The van der Waals surface area contributed by atoms with Gasteiger partial charge in [0.2, 0.25) is 0 Å². The molecule has 0 atom stereocenters. The number of nitrogens with zero attached hydrogens (tertiary/aromatic N) is 10. The van der Waals surface area contributed by atoms with Gasteiger partial charge in [0.05, 0.1) is 0 Å². The molecular weight excluding hydrogens is 284 g/mol. The van der Waals surface area contributed by atoms with Gasteiger partial charge in [-0.2, -0.15) is 31.2 Å². The SMILES string of the molecule is N#CC(C#N)=c1c2ncnn2c(=C(C#N)C#N)c2ncnn12. The quantitative estimate of drug-likeness (QED) is 0.467. The second kappa shape index (κ2) is 4.68. The Morgan fingerprint density at radius 1 is 0.727 bits per heavy atom. The standard InChI is InChI=1S/C12H2N10/c13-1-7(2-14)9-11-17-5-20-22(11)10(8(3-15)4-16)12-18-6-19-21(9)12/h5-6H. The van der Waals surface area contributed by atoms with Crippen LogP contribution in [-0.4, -0.2) is 29.2 Å². The van der Waals surface area contributed by atoms with E-state index >= 15 is 0 Å². The maximum Gasteiger partial charge on any atom is 0.184 e. The summed E-state index contributed by atoms with van der Waals surface area (Å²) in [4.78, 5) is 7.97. The molecule has 0 saturated carbocycles. The normalized spacial score (nSPS) is 9.64. The number of hydrogen-bond donors (Lipinski definition) is 0. The minimum Gasteiger partial charge on any atom is -0.213 e. The molecule has 0 fully saturated rings. The smallest absolute Gasteiger partial charge is 0.184 e. The van der Waals surface area contributed by atoms with Gasteiger partial charge in [-0.05, 0) is 0 Å². The first kappa shape index (κ1) is 12.7. The summed E-state index contributed by atoms with van der Waals surface area (Å²) in [5.41, 5.74) is -0.241. The third-order valence-corrected chi connectivity index (χ3v) is 2.86. The molecule has 0 N–H and O–H groups in total. The molecule has 10 heteroatoms. The summed E-state index contributed by atoms with van der Waals surface area (Å²) >= 11 is 0. The zero-order valence-electron chi connectivity index (χ0n) is 10.6. The number of fused-ring (bicyclic) bond motifs is 2. The van der Waals surface area contributed by atoms with Crippen molar-refractivity contribution in [1.29, 1.82) is 21.0 Å². The predicted molar refractivity (Wildman–Crippen MR) is 68.0 cm³/mol. The van der Waals surface area contributed by atoms with Crippen molar-refractivity contribution in [1.82, 2.24) is 29.2 Å². The Balaban J connectivity index is 2.89. The van der Waals surface area contributed by atoms with Crippen LogP contribution in [0.3, 0.4) is 0 Å². The fourth-order valence-corrected chi connectivity index (χ4v) is 2.02. The van der Waals surface area contributed by atoms with Gasteiger partial charge in [0.25, 0.3) is 0 Å². The van der Waals surface area contributed by atoms with Gasteiger partial charge in [-0.15, -0.1) is 0 Å². The lowest BCUT2D eigenvalue weighted by Crippen LogP contribution is -2.31. The summed E-state index contributed by atoms with van der Waals surface area (Å²) in [7, 11) is 0. The maximum absolute atomic E-state index is 9.11. The van der Waals surface area contributed by atoms with Gasteiger partial charge >= 0.3 is 0 Å². The molecular formula is C12H2N10. The molecule has 3 aromatic heterocycles. The summed E-state index contributed by atoms with van der Waals surface area (Å²) in [6, 6.07) is 7.03. The minimum atomic E-state index is -0.240. The number of nitriles is 4. The second-order valence-electron chi connectivity index (χ2n) is 3.89. The molecule has 0 amide bonds. The number of rotatable bonds is 0. The lowest BCUT2D eigenvalue weighted by molar-refractivity contribution is 0.854. The first-order chi connectivity index (χ1) is 10.8. The van der Waals surface area contributed by atoms with Crippen molar-refractivity contribution in [3.8, 4) is 24.3 Å². The molecule has 0 bridgehead atoms. The molecule has 0 aliphatic carbocycles. The lowest BCUT2D eigenvalue weighted by atomic mass is 10.2. The molecule has 22 heavy (non-hydrogen) atoms. The zero-order chi connectivity index (χ0) is 15.7. The highest BCUT2D eigenvalue weighted by Gasteiger charge is 2.15. The molecule has 0 aromatic carbocycles. The van der Waals surface area contributed by atoms with E-state index in [0.29, 0.717) is 0 Å². The zero-order valence-corrected chi connectivity index (χ0v) is 10.6. The predicted octanol–water partition coefficient (Wildman–Crippen LogP) is -1.83. The molecule has 100 valence electrons.